The number of hydrogen-bond acceptors (Lipinski definition) is 5. The fraction of sp³-hybridized carbons (Fsp3) is 0.333. The standard InChI is InChI=1S/C9H10N2OS2/c1-6(2)14-9-11-10-8(12-9)7-4-3-5-13-7/h3-6H,1-2H3. The normalized spacial score (nSPS) is 11.1. The van der Waals surface area contributed by atoms with E-state index in [0.29, 0.717) is 16.4 Å². The quantitative estimate of drug-likeness (QED) is 0.753. The van der Waals surface area contributed by atoms with Crippen LogP contribution in [0.5, 0.6) is 0 Å². The maximum atomic E-state index is 5.49. The molecule has 2 aromatic heterocycles. The van der Waals surface area contributed by atoms with Gasteiger partial charge < -0.3 is 4.42 Å². The molecule has 2 rings (SSSR count). The Morgan fingerprint density at radius 1 is 1.43 bits per heavy atom. The number of nitrogens with zero attached hydrogens (tertiary/aromatic N) is 2. The summed E-state index contributed by atoms with van der Waals surface area (Å²) in [7, 11) is 0. The van der Waals surface area contributed by atoms with Gasteiger partial charge in [-0.2, -0.15) is 0 Å². The first kappa shape index (κ1) is 9.73. The van der Waals surface area contributed by atoms with E-state index in [0.717, 1.165) is 4.88 Å². The van der Waals surface area contributed by atoms with E-state index in [4.69, 9.17) is 4.42 Å². The molecule has 2 aromatic rings. The molecule has 0 spiro atoms. The van der Waals surface area contributed by atoms with Crippen LogP contribution >= 0.6 is 23.1 Å². The van der Waals surface area contributed by atoms with Gasteiger partial charge in [-0.25, -0.2) is 0 Å². The predicted molar refractivity (Wildman–Crippen MR) is 58.6 cm³/mol. The lowest BCUT2D eigenvalue weighted by molar-refractivity contribution is 0.466. The van der Waals surface area contributed by atoms with E-state index in [-0.39, 0.29) is 0 Å². The lowest BCUT2D eigenvalue weighted by Crippen LogP contribution is -1.84. The van der Waals surface area contributed by atoms with Crippen LogP contribution in [-0.4, -0.2) is 15.4 Å². The van der Waals surface area contributed by atoms with Crippen molar-refractivity contribution in [2.45, 2.75) is 24.3 Å². The molecule has 0 aromatic carbocycles. The molecular weight excluding hydrogens is 216 g/mol. The second kappa shape index (κ2) is 4.14. The topological polar surface area (TPSA) is 38.9 Å². The first-order valence-electron chi connectivity index (χ1n) is 4.30. The Kier molecular flexibility index (Phi) is 2.88. The summed E-state index contributed by atoms with van der Waals surface area (Å²) in [4.78, 5) is 1.02. The number of hydrogen-bond donors (Lipinski definition) is 0. The smallest absolute Gasteiger partial charge is 0.277 e. The van der Waals surface area contributed by atoms with Crippen LogP contribution in [0.15, 0.2) is 27.2 Å². The minimum absolute atomic E-state index is 0.464. The highest BCUT2D eigenvalue weighted by Gasteiger charge is 2.10. The second-order valence-corrected chi connectivity index (χ2v) is 5.49. The molecule has 0 unspecified atom stereocenters. The third-order valence-electron chi connectivity index (χ3n) is 1.47. The highest BCUT2D eigenvalue weighted by atomic mass is 32.2. The Labute approximate surface area is 90.5 Å². The fourth-order valence-electron chi connectivity index (χ4n) is 0.959. The summed E-state index contributed by atoms with van der Waals surface area (Å²) in [6.07, 6.45) is 0. The van der Waals surface area contributed by atoms with Crippen molar-refractivity contribution in [3.8, 4) is 10.8 Å². The zero-order valence-corrected chi connectivity index (χ0v) is 9.56. The monoisotopic (exact) mass is 226 g/mol. The first-order chi connectivity index (χ1) is 6.75. The average Bonchev–Trinajstić information content (AvgIpc) is 2.69. The summed E-state index contributed by atoms with van der Waals surface area (Å²) >= 11 is 3.18. The van der Waals surface area contributed by atoms with Crippen molar-refractivity contribution in [1.29, 1.82) is 0 Å². The summed E-state index contributed by atoms with van der Waals surface area (Å²) in [5, 5.41) is 11.1. The molecule has 14 heavy (non-hydrogen) atoms. The number of rotatable bonds is 3. The molecule has 0 radical (unpaired) electrons. The van der Waals surface area contributed by atoms with Crippen LogP contribution in [0.4, 0.5) is 0 Å². The molecule has 5 heteroatoms. The Balaban J connectivity index is 2.18. The highest BCUT2D eigenvalue weighted by molar-refractivity contribution is 7.99. The van der Waals surface area contributed by atoms with Gasteiger partial charge >= 0.3 is 0 Å². The van der Waals surface area contributed by atoms with Gasteiger partial charge in [-0.15, -0.1) is 21.5 Å². The van der Waals surface area contributed by atoms with Crippen molar-refractivity contribution in [2.75, 3.05) is 0 Å². The van der Waals surface area contributed by atoms with E-state index in [1.165, 1.54) is 0 Å². The van der Waals surface area contributed by atoms with Gasteiger partial charge in [0.15, 0.2) is 0 Å². The van der Waals surface area contributed by atoms with Crippen molar-refractivity contribution >= 4 is 23.1 Å². The van der Waals surface area contributed by atoms with Crippen molar-refractivity contribution in [1.82, 2.24) is 10.2 Å². The van der Waals surface area contributed by atoms with Crippen molar-refractivity contribution in [3.05, 3.63) is 17.5 Å². The minimum Gasteiger partial charge on any atom is -0.410 e. The Hall–Kier alpha value is -0.810. The van der Waals surface area contributed by atoms with Gasteiger partial charge in [-0.3, -0.25) is 0 Å². The van der Waals surface area contributed by atoms with E-state index in [9.17, 15) is 0 Å². The molecule has 74 valence electrons. The largest absolute Gasteiger partial charge is 0.410 e. The third-order valence-corrected chi connectivity index (χ3v) is 3.17. The molecule has 0 saturated heterocycles. The summed E-state index contributed by atoms with van der Waals surface area (Å²) in [5.41, 5.74) is 0. The van der Waals surface area contributed by atoms with Crippen LogP contribution in [0.3, 0.4) is 0 Å². The van der Waals surface area contributed by atoms with E-state index < -0.39 is 0 Å². The number of thiophene rings is 1. The molecule has 0 aliphatic carbocycles. The van der Waals surface area contributed by atoms with Gasteiger partial charge in [-0.1, -0.05) is 31.7 Å². The van der Waals surface area contributed by atoms with Crippen LogP contribution in [0.1, 0.15) is 13.8 Å². The van der Waals surface area contributed by atoms with E-state index >= 15 is 0 Å². The Morgan fingerprint density at radius 3 is 2.93 bits per heavy atom. The Bertz CT molecular complexity index is 395. The molecule has 0 fully saturated rings. The molecule has 0 saturated carbocycles. The maximum absolute atomic E-state index is 5.49. The van der Waals surface area contributed by atoms with Crippen LogP contribution < -0.4 is 0 Å². The van der Waals surface area contributed by atoms with Gasteiger partial charge in [-0.05, 0) is 11.4 Å². The zero-order chi connectivity index (χ0) is 9.97. The molecule has 0 atom stereocenters. The lowest BCUT2D eigenvalue weighted by Gasteiger charge is -1.96. The molecule has 0 amide bonds. The van der Waals surface area contributed by atoms with Crippen molar-refractivity contribution in [2.24, 2.45) is 0 Å². The summed E-state index contributed by atoms with van der Waals surface area (Å²) in [5.74, 6) is 0.614. The van der Waals surface area contributed by atoms with Gasteiger partial charge in [0.2, 0.25) is 0 Å². The summed E-state index contributed by atoms with van der Waals surface area (Å²) < 4.78 is 5.49. The van der Waals surface area contributed by atoms with E-state index in [1.807, 2.05) is 17.5 Å². The summed E-state index contributed by atoms with van der Waals surface area (Å²) in [6, 6.07) is 3.95. The second-order valence-electron chi connectivity index (χ2n) is 3.02. The molecule has 0 aliphatic heterocycles. The SMILES string of the molecule is CC(C)Sc1nnc(-c2cccs2)o1. The number of aromatic nitrogens is 2. The van der Waals surface area contributed by atoms with Crippen molar-refractivity contribution < 1.29 is 4.42 Å². The van der Waals surface area contributed by atoms with Gasteiger partial charge in [0.25, 0.3) is 11.1 Å². The van der Waals surface area contributed by atoms with Gasteiger partial charge in [0.1, 0.15) is 0 Å². The Morgan fingerprint density at radius 2 is 2.29 bits per heavy atom. The minimum atomic E-state index is 0.464. The van der Waals surface area contributed by atoms with Crippen molar-refractivity contribution in [3.63, 3.8) is 0 Å². The molecule has 0 aliphatic rings. The van der Waals surface area contributed by atoms with Gasteiger partial charge in [0, 0.05) is 5.25 Å². The van der Waals surface area contributed by atoms with E-state index in [1.54, 1.807) is 23.1 Å². The molecule has 0 N–H and O–H groups in total. The first-order valence-corrected chi connectivity index (χ1v) is 6.05. The van der Waals surface area contributed by atoms with Crippen LogP contribution in [-0.2, 0) is 0 Å². The van der Waals surface area contributed by atoms with Crippen LogP contribution in [0.25, 0.3) is 10.8 Å². The third kappa shape index (κ3) is 2.16. The predicted octanol–water partition coefficient (Wildman–Crippen LogP) is 3.30. The molecule has 3 nitrogen and oxygen atoms in total. The van der Waals surface area contributed by atoms with Gasteiger partial charge in [0.05, 0.1) is 4.88 Å². The van der Waals surface area contributed by atoms with Crippen LogP contribution in [0, 0.1) is 0 Å². The molecular formula is C9H10N2OS2. The van der Waals surface area contributed by atoms with E-state index in [2.05, 4.69) is 24.0 Å². The van der Waals surface area contributed by atoms with Crippen LogP contribution in [0.2, 0.25) is 0 Å². The molecule has 2 heterocycles. The maximum Gasteiger partial charge on any atom is 0.277 e. The zero-order valence-electron chi connectivity index (χ0n) is 7.93. The average molecular weight is 226 g/mol. The highest BCUT2D eigenvalue weighted by Crippen LogP contribution is 2.27. The fourth-order valence-corrected chi connectivity index (χ4v) is 2.22. The summed E-state index contributed by atoms with van der Waals surface area (Å²) in [6.45, 7) is 4.19. The lowest BCUT2D eigenvalue weighted by atomic mass is 10.5. The molecule has 0 bridgehead atoms. The number of thioether (sulfide) groups is 1.